The molecule has 1 spiro atoms. The molecule has 8 nitrogen and oxygen atoms in total. The van der Waals surface area contributed by atoms with E-state index < -0.39 is 0 Å². The number of carbonyl (C=O) groups excluding carboxylic acids is 1. The van der Waals surface area contributed by atoms with Crippen LogP contribution in [0.5, 0.6) is 0 Å². The Balaban J connectivity index is 1.36. The van der Waals surface area contributed by atoms with E-state index in [0.717, 1.165) is 36.3 Å². The second-order valence-corrected chi connectivity index (χ2v) is 8.52. The largest absolute Gasteiger partial charge is 0.376 e. The fourth-order valence-corrected chi connectivity index (χ4v) is 4.48. The van der Waals surface area contributed by atoms with Gasteiger partial charge in [-0.25, -0.2) is 15.0 Å². The Kier molecular flexibility index (Phi) is 4.12. The van der Waals surface area contributed by atoms with Crippen LogP contribution in [0.4, 0.5) is 5.95 Å². The number of likely N-dealkylation sites (tertiary alicyclic amines) is 1. The first-order valence-corrected chi connectivity index (χ1v) is 9.98. The number of anilines is 1. The number of nitrogens with zero attached hydrogens (tertiary/aromatic N) is 5. The van der Waals surface area contributed by atoms with E-state index in [-0.39, 0.29) is 11.3 Å². The van der Waals surface area contributed by atoms with Crippen molar-refractivity contribution in [3.8, 4) is 0 Å². The molecule has 2 fully saturated rings. The number of nitrogens with one attached hydrogen (secondary N) is 1. The molecule has 0 aromatic carbocycles. The summed E-state index contributed by atoms with van der Waals surface area (Å²) in [5.74, 6) is 1.67. The highest BCUT2D eigenvalue weighted by atomic mass is 16.5. The van der Waals surface area contributed by atoms with Gasteiger partial charge >= 0.3 is 0 Å². The average molecular weight is 382 g/mol. The lowest BCUT2D eigenvalue weighted by molar-refractivity contribution is -0.132. The first-order valence-electron chi connectivity index (χ1n) is 9.98. The van der Waals surface area contributed by atoms with Crippen LogP contribution in [0.15, 0.2) is 18.7 Å². The first kappa shape index (κ1) is 17.6. The number of aryl methyl sites for hydroxylation is 1. The van der Waals surface area contributed by atoms with Gasteiger partial charge in [0, 0.05) is 44.0 Å². The van der Waals surface area contributed by atoms with E-state index in [9.17, 15) is 4.79 Å². The fraction of sp³-hybridized carbons (Fsp3) is 0.600. The van der Waals surface area contributed by atoms with Gasteiger partial charge in [0.25, 0.3) is 0 Å². The lowest BCUT2D eigenvalue weighted by Crippen LogP contribution is -2.42. The topological polar surface area (TPSA) is 85.2 Å². The molecular weight excluding hydrogens is 356 g/mol. The van der Waals surface area contributed by atoms with Crippen molar-refractivity contribution in [2.45, 2.75) is 38.3 Å². The van der Waals surface area contributed by atoms with Crippen LogP contribution in [0.25, 0.3) is 0 Å². The molecule has 1 saturated heterocycles. The second kappa shape index (κ2) is 6.55. The zero-order valence-corrected chi connectivity index (χ0v) is 16.4. The maximum atomic E-state index is 12.7. The predicted molar refractivity (Wildman–Crippen MR) is 102 cm³/mol. The van der Waals surface area contributed by atoms with Crippen molar-refractivity contribution in [2.75, 3.05) is 25.0 Å². The molecular formula is C20H26N6O2. The minimum atomic E-state index is -0.215. The molecule has 1 N–H and O–H groups in total. The van der Waals surface area contributed by atoms with Gasteiger partial charge in [-0.3, -0.25) is 4.79 Å². The van der Waals surface area contributed by atoms with Gasteiger partial charge in [-0.05, 0) is 18.8 Å². The van der Waals surface area contributed by atoms with E-state index in [0.29, 0.717) is 44.1 Å². The summed E-state index contributed by atoms with van der Waals surface area (Å²) in [5.41, 5.74) is 2.93. The molecule has 28 heavy (non-hydrogen) atoms. The molecule has 4 heterocycles. The monoisotopic (exact) mass is 382 g/mol. The lowest BCUT2D eigenvalue weighted by Gasteiger charge is -2.34. The summed E-state index contributed by atoms with van der Waals surface area (Å²) < 4.78 is 7.86. The van der Waals surface area contributed by atoms with Gasteiger partial charge in [-0.1, -0.05) is 6.92 Å². The van der Waals surface area contributed by atoms with Gasteiger partial charge in [-0.15, -0.1) is 0 Å². The van der Waals surface area contributed by atoms with E-state index >= 15 is 0 Å². The highest BCUT2D eigenvalue weighted by Crippen LogP contribution is 2.44. The molecule has 1 aliphatic carbocycles. The summed E-state index contributed by atoms with van der Waals surface area (Å²) in [6, 6.07) is 0. The first-order chi connectivity index (χ1) is 13.6. The van der Waals surface area contributed by atoms with Crippen LogP contribution in [0, 0.1) is 11.8 Å². The van der Waals surface area contributed by atoms with E-state index in [4.69, 9.17) is 9.72 Å². The third kappa shape index (κ3) is 2.96. The van der Waals surface area contributed by atoms with Gasteiger partial charge in [0.1, 0.15) is 0 Å². The normalized spacial score (nSPS) is 28.4. The molecule has 0 radical (unpaired) electrons. The Morgan fingerprint density at radius 3 is 3.04 bits per heavy atom. The Labute approximate surface area is 164 Å². The van der Waals surface area contributed by atoms with Gasteiger partial charge in [0.15, 0.2) is 0 Å². The zero-order valence-electron chi connectivity index (χ0n) is 16.4. The molecule has 1 saturated carbocycles. The van der Waals surface area contributed by atoms with Crippen LogP contribution in [0.1, 0.15) is 36.7 Å². The third-order valence-corrected chi connectivity index (χ3v) is 6.44. The molecule has 2 aromatic rings. The molecule has 1 amide bonds. The minimum absolute atomic E-state index is 0.215. The standard InChI is InChI=1S/C20H26N6O2/c1-13-5-16(13)18(27)26-4-3-20(10-26)11-28-9-14-6-22-19(24-17(14)20)23-8-15-7-21-12-25(15)2/h6-7,12-13,16H,3-5,8-11H2,1-2H3,(H,22,23,24)/t13-,16+,20+/m1/s1. The van der Waals surface area contributed by atoms with Crippen molar-refractivity contribution >= 4 is 11.9 Å². The lowest BCUT2D eigenvalue weighted by atomic mass is 9.80. The number of hydrogen-bond donors (Lipinski definition) is 1. The summed E-state index contributed by atoms with van der Waals surface area (Å²) in [6.07, 6.45) is 7.40. The zero-order chi connectivity index (χ0) is 19.3. The summed E-state index contributed by atoms with van der Waals surface area (Å²) >= 11 is 0. The van der Waals surface area contributed by atoms with E-state index in [2.05, 4.69) is 22.2 Å². The average Bonchev–Trinajstić information content (AvgIpc) is 3.08. The SMILES string of the molecule is C[C@@H]1C[C@@H]1C(=O)N1CC[C@@]2(COCc3cnc(NCc4cncn4C)nc32)C1. The summed E-state index contributed by atoms with van der Waals surface area (Å²) in [5, 5.41) is 3.31. The van der Waals surface area contributed by atoms with Crippen LogP contribution in [-0.4, -0.2) is 50.0 Å². The van der Waals surface area contributed by atoms with E-state index in [1.807, 2.05) is 28.9 Å². The van der Waals surface area contributed by atoms with E-state index in [1.54, 1.807) is 6.33 Å². The van der Waals surface area contributed by atoms with Gasteiger partial charge in [0.2, 0.25) is 11.9 Å². The number of rotatable bonds is 4. The minimum Gasteiger partial charge on any atom is -0.376 e. The quantitative estimate of drug-likeness (QED) is 0.862. The van der Waals surface area contributed by atoms with Gasteiger partial charge in [-0.2, -0.15) is 0 Å². The molecule has 8 heteroatoms. The maximum Gasteiger partial charge on any atom is 0.225 e. The number of imidazole rings is 1. The maximum absolute atomic E-state index is 12.7. The van der Waals surface area contributed by atoms with Gasteiger partial charge < -0.3 is 19.5 Å². The molecule has 5 rings (SSSR count). The highest BCUT2D eigenvalue weighted by Gasteiger charge is 2.49. The van der Waals surface area contributed by atoms with Gasteiger partial charge in [0.05, 0.1) is 42.9 Å². The van der Waals surface area contributed by atoms with Crippen LogP contribution >= 0.6 is 0 Å². The van der Waals surface area contributed by atoms with Crippen LogP contribution < -0.4 is 5.32 Å². The van der Waals surface area contributed by atoms with Crippen molar-refractivity contribution in [3.05, 3.63) is 35.7 Å². The fourth-order valence-electron chi connectivity index (χ4n) is 4.48. The molecule has 0 bridgehead atoms. The number of carbonyl (C=O) groups is 1. The Hall–Kier alpha value is -2.48. The summed E-state index contributed by atoms with van der Waals surface area (Å²) in [4.78, 5) is 28.2. The highest BCUT2D eigenvalue weighted by molar-refractivity contribution is 5.82. The van der Waals surface area contributed by atoms with Crippen molar-refractivity contribution < 1.29 is 9.53 Å². The number of hydrogen-bond acceptors (Lipinski definition) is 6. The van der Waals surface area contributed by atoms with Crippen molar-refractivity contribution in [1.82, 2.24) is 24.4 Å². The third-order valence-electron chi connectivity index (χ3n) is 6.44. The van der Waals surface area contributed by atoms with Crippen LogP contribution in [0.3, 0.4) is 0 Å². The second-order valence-electron chi connectivity index (χ2n) is 8.52. The number of ether oxygens (including phenoxy) is 1. The summed E-state index contributed by atoms with van der Waals surface area (Å²) in [7, 11) is 1.97. The summed E-state index contributed by atoms with van der Waals surface area (Å²) in [6.45, 7) is 5.39. The van der Waals surface area contributed by atoms with Crippen molar-refractivity contribution in [1.29, 1.82) is 0 Å². The van der Waals surface area contributed by atoms with Crippen LogP contribution in [0.2, 0.25) is 0 Å². The molecule has 3 atom stereocenters. The number of amides is 1. The Bertz CT molecular complexity index is 912. The molecule has 0 unspecified atom stereocenters. The van der Waals surface area contributed by atoms with Crippen LogP contribution in [-0.2, 0) is 35.1 Å². The van der Waals surface area contributed by atoms with Crippen molar-refractivity contribution in [3.63, 3.8) is 0 Å². The van der Waals surface area contributed by atoms with Crippen molar-refractivity contribution in [2.24, 2.45) is 18.9 Å². The molecule has 2 aromatic heterocycles. The Morgan fingerprint density at radius 1 is 1.43 bits per heavy atom. The van der Waals surface area contributed by atoms with E-state index in [1.165, 1.54) is 0 Å². The predicted octanol–water partition coefficient (Wildman–Crippen LogP) is 1.48. The molecule has 148 valence electrons. The molecule has 2 aliphatic heterocycles. The number of fused-ring (bicyclic) bond motifs is 2. The smallest absolute Gasteiger partial charge is 0.225 e. The number of aromatic nitrogens is 4. The Morgan fingerprint density at radius 2 is 2.29 bits per heavy atom. The molecule has 3 aliphatic rings.